The Morgan fingerprint density at radius 3 is 2.91 bits per heavy atom. The standard InChI is InChI=1S/C16H22N4O3/c1-2-23-15(22)16(10-21)6-3-11(4-7-16)12-9-13(17)20-14(19-12)5-8-18-20/h5,8-9,11,21H,2-4,6-7,10,17H2,1H3. The van der Waals surface area contributed by atoms with Gasteiger partial charge in [-0.2, -0.15) is 9.61 Å². The number of nitrogens with two attached hydrogens (primary N) is 1. The van der Waals surface area contributed by atoms with E-state index >= 15 is 0 Å². The van der Waals surface area contributed by atoms with Crippen molar-refractivity contribution in [3.05, 3.63) is 24.0 Å². The molecule has 7 heteroatoms. The van der Waals surface area contributed by atoms with Gasteiger partial charge in [0.2, 0.25) is 0 Å². The fourth-order valence-corrected chi connectivity index (χ4v) is 3.34. The number of esters is 1. The molecule has 7 nitrogen and oxygen atoms in total. The van der Waals surface area contributed by atoms with Gasteiger partial charge in [-0.3, -0.25) is 4.79 Å². The third-order valence-electron chi connectivity index (χ3n) is 4.78. The van der Waals surface area contributed by atoms with E-state index in [0.29, 0.717) is 25.3 Å². The highest BCUT2D eigenvalue weighted by Crippen LogP contribution is 2.43. The Kier molecular flexibility index (Phi) is 4.21. The number of anilines is 1. The van der Waals surface area contributed by atoms with Crippen LogP contribution in [0.2, 0.25) is 0 Å². The molecule has 2 aromatic heterocycles. The molecule has 0 amide bonds. The molecule has 1 fully saturated rings. The Labute approximate surface area is 134 Å². The molecule has 0 aliphatic heterocycles. The van der Waals surface area contributed by atoms with Crippen LogP contribution in [-0.4, -0.2) is 38.9 Å². The molecule has 0 radical (unpaired) electrons. The number of fused-ring (bicyclic) bond motifs is 1. The summed E-state index contributed by atoms with van der Waals surface area (Å²) in [4.78, 5) is 16.8. The van der Waals surface area contributed by atoms with E-state index in [9.17, 15) is 9.90 Å². The number of carbonyl (C=O) groups excluding carboxylic acids is 1. The molecule has 1 aliphatic carbocycles. The number of hydrogen-bond acceptors (Lipinski definition) is 6. The predicted molar refractivity (Wildman–Crippen MR) is 84.8 cm³/mol. The van der Waals surface area contributed by atoms with Crippen LogP contribution in [-0.2, 0) is 9.53 Å². The molecule has 0 atom stereocenters. The van der Waals surface area contributed by atoms with E-state index in [1.807, 2.05) is 12.1 Å². The van der Waals surface area contributed by atoms with E-state index < -0.39 is 5.41 Å². The summed E-state index contributed by atoms with van der Waals surface area (Å²) < 4.78 is 6.74. The van der Waals surface area contributed by atoms with Gasteiger partial charge in [-0.15, -0.1) is 0 Å². The smallest absolute Gasteiger partial charge is 0.314 e. The van der Waals surface area contributed by atoms with Crippen LogP contribution in [0.3, 0.4) is 0 Å². The zero-order valence-corrected chi connectivity index (χ0v) is 13.2. The topological polar surface area (TPSA) is 103 Å². The second kappa shape index (κ2) is 6.16. The molecule has 0 saturated heterocycles. The normalized spacial score (nSPS) is 24.7. The highest BCUT2D eigenvalue weighted by molar-refractivity contribution is 5.77. The van der Waals surface area contributed by atoms with E-state index in [0.717, 1.165) is 24.2 Å². The Hall–Kier alpha value is -2.15. The molecule has 2 heterocycles. The van der Waals surface area contributed by atoms with Crippen molar-refractivity contribution < 1.29 is 14.6 Å². The molecule has 3 N–H and O–H groups in total. The molecule has 3 rings (SSSR count). The molecule has 0 spiro atoms. The van der Waals surface area contributed by atoms with Crippen molar-refractivity contribution in [2.24, 2.45) is 5.41 Å². The van der Waals surface area contributed by atoms with Crippen LogP contribution in [0, 0.1) is 5.41 Å². The Morgan fingerprint density at radius 2 is 2.26 bits per heavy atom. The van der Waals surface area contributed by atoms with Gasteiger partial charge >= 0.3 is 5.97 Å². The first kappa shape index (κ1) is 15.7. The fraction of sp³-hybridized carbons (Fsp3) is 0.562. The van der Waals surface area contributed by atoms with Crippen molar-refractivity contribution in [2.45, 2.75) is 38.5 Å². The lowest BCUT2D eigenvalue weighted by molar-refractivity contribution is -0.160. The number of carbonyl (C=O) groups is 1. The van der Waals surface area contributed by atoms with Crippen LogP contribution < -0.4 is 5.73 Å². The van der Waals surface area contributed by atoms with Gasteiger partial charge in [0.1, 0.15) is 5.82 Å². The highest BCUT2D eigenvalue weighted by Gasteiger charge is 2.43. The van der Waals surface area contributed by atoms with Crippen molar-refractivity contribution in [3.8, 4) is 0 Å². The maximum Gasteiger partial charge on any atom is 0.314 e. The van der Waals surface area contributed by atoms with E-state index in [4.69, 9.17) is 10.5 Å². The second-order valence-corrected chi connectivity index (χ2v) is 6.14. The molecule has 0 bridgehead atoms. The Morgan fingerprint density at radius 1 is 1.52 bits per heavy atom. The summed E-state index contributed by atoms with van der Waals surface area (Å²) in [6, 6.07) is 3.67. The summed E-state index contributed by atoms with van der Waals surface area (Å²) in [5.74, 6) is 0.491. The largest absolute Gasteiger partial charge is 0.465 e. The molecule has 0 unspecified atom stereocenters. The molecule has 2 aromatic rings. The minimum absolute atomic E-state index is 0.171. The minimum Gasteiger partial charge on any atom is -0.465 e. The third kappa shape index (κ3) is 2.76. The number of nitrogen functional groups attached to an aromatic ring is 1. The Balaban J connectivity index is 1.78. The first-order valence-electron chi connectivity index (χ1n) is 7.98. The maximum atomic E-state index is 12.2. The van der Waals surface area contributed by atoms with E-state index in [1.54, 1.807) is 17.6 Å². The first-order valence-corrected chi connectivity index (χ1v) is 7.98. The first-order chi connectivity index (χ1) is 11.1. The Bertz CT molecular complexity index is 704. The summed E-state index contributed by atoms with van der Waals surface area (Å²) in [5, 5.41) is 13.8. The van der Waals surface area contributed by atoms with E-state index in [2.05, 4.69) is 10.1 Å². The zero-order chi connectivity index (χ0) is 16.4. The second-order valence-electron chi connectivity index (χ2n) is 6.14. The van der Waals surface area contributed by atoms with Crippen molar-refractivity contribution >= 4 is 17.4 Å². The number of ether oxygens (including phenoxy) is 1. The average molecular weight is 318 g/mol. The van der Waals surface area contributed by atoms with Crippen LogP contribution in [0.4, 0.5) is 5.82 Å². The van der Waals surface area contributed by atoms with Gasteiger partial charge in [-0.1, -0.05) is 0 Å². The number of aliphatic hydroxyl groups is 1. The van der Waals surface area contributed by atoms with Gasteiger partial charge in [0, 0.05) is 23.7 Å². The lowest BCUT2D eigenvalue weighted by atomic mass is 9.70. The van der Waals surface area contributed by atoms with Crippen LogP contribution >= 0.6 is 0 Å². The number of nitrogens with zero attached hydrogens (tertiary/aromatic N) is 3. The SMILES string of the molecule is CCOC(=O)C1(CO)CCC(c2cc(N)n3nccc3n2)CC1. The molecule has 23 heavy (non-hydrogen) atoms. The number of aromatic nitrogens is 3. The van der Waals surface area contributed by atoms with Crippen molar-refractivity contribution in [1.29, 1.82) is 0 Å². The quantitative estimate of drug-likeness (QED) is 0.828. The third-order valence-corrected chi connectivity index (χ3v) is 4.78. The molecular weight excluding hydrogens is 296 g/mol. The summed E-state index contributed by atoms with van der Waals surface area (Å²) in [7, 11) is 0. The lowest BCUT2D eigenvalue weighted by Gasteiger charge is -2.36. The maximum absolute atomic E-state index is 12.2. The number of aliphatic hydroxyl groups excluding tert-OH is 1. The summed E-state index contributed by atoms with van der Waals surface area (Å²) in [5.41, 5.74) is 6.91. The summed E-state index contributed by atoms with van der Waals surface area (Å²) in [6.45, 7) is 1.94. The summed E-state index contributed by atoms with van der Waals surface area (Å²) in [6.07, 6.45) is 4.41. The van der Waals surface area contributed by atoms with Crippen molar-refractivity contribution in [3.63, 3.8) is 0 Å². The van der Waals surface area contributed by atoms with E-state index in [1.165, 1.54) is 0 Å². The van der Waals surface area contributed by atoms with Gasteiger partial charge in [-0.05, 0) is 32.6 Å². The average Bonchev–Trinajstić information content (AvgIpc) is 3.04. The predicted octanol–water partition coefficient (Wildman–Crippen LogP) is 1.51. The van der Waals surface area contributed by atoms with Crippen LogP contribution in [0.15, 0.2) is 18.3 Å². The lowest BCUT2D eigenvalue weighted by Crippen LogP contribution is -2.39. The van der Waals surface area contributed by atoms with Gasteiger partial charge in [0.25, 0.3) is 0 Å². The van der Waals surface area contributed by atoms with Crippen molar-refractivity contribution in [1.82, 2.24) is 14.6 Å². The van der Waals surface area contributed by atoms with Gasteiger partial charge < -0.3 is 15.6 Å². The monoisotopic (exact) mass is 318 g/mol. The van der Waals surface area contributed by atoms with Gasteiger partial charge in [-0.25, -0.2) is 4.98 Å². The molecule has 1 aliphatic rings. The number of hydrogen-bond donors (Lipinski definition) is 2. The molecule has 1 saturated carbocycles. The summed E-state index contributed by atoms with van der Waals surface area (Å²) >= 11 is 0. The van der Waals surface area contributed by atoms with E-state index in [-0.39, 0.29) is 18.5 Å². The minimum atomic E-state index is -0.765. The fourth-order valence-electron chi connectivity index (χ4n) is 3.34. The molecular formula is C16H22N4O3. The van der Waals surface area contributed by atoms with Gasteiger partial charge in [0.15, 0.2) is 5.65 Å². The van der Waals surface area contributed by atoms with Crippen molar-refractivity contribution in [2.75, 3.05) is 18.9 Å². The highest BCUT2D eigenvalue weighted by atomic mass is 16.5. The number of rotatable bonds is 4. The van der Waals surface area contributed by atoms with Crippen LogP contribution in [0.1, 0.15) is 44.2 Å². The zero-order valence-electron chi connectivity index (χ0n) is 13.2. The van der Waals surface area contributed by atoms with Gasteiger partial charge in [0.05, 0.1) is 24.8 Å². The van der Waals surface area contributed by atoms with Crippen LogP contribution in [0.25, 0.3) is 5.65 Å². The van der Waals surface area contributed by atoms with Crippen LogP contribution in [0.5, 0.6) is 0 Å². The molecule has 124 valence electrons. The molecule has 0 aromatic carbocycles.